The molecule has 0 spiro atoms. The normalized spacial score (nSPS) is 10.4. The Labute approximate surface area is 151 Å². The smallest absolute Gasteiger partial charge is 0.153 e. The molecular formula is C20H20N2O4. The second-order valence-corrected chi connectivity index (χ2v) is 5.70. The zero-order valence-electron chi connectivity index (χ0n) is 14.9. The zero-order chi connectivity index (χ0) is 18.5. The Morgan fingerprint density at radius 2 is 1.54 bits per heavy atom. The lowest BCUT2D eigenvalue weighted by atomic mass is 10.1. The van der Waals surface area contributed by atoms with Crippen LogP contribution in [0.5, 0.6) is 17.2 Å². The van der Waals surface area contributed by atoms with Crippen LogP contribution in [0.25, 0.3) is 11.3 Å². The van der Waals surface area contributed by atoms with E-state index in [0.29, 0.717) is 29.3 Å². The van der Waals surface area contributed by atoms with Crippen LogP contribution in [0.4, 0.5) is 0 Å². The van der Waals surface area contributed by atoms with Gasteiger partial charge in [0.05, 0.1) is 33.4 Å². The summed E-state index contributed by atoms with van der Waals surface area (Å²) in [6.45, 7) is 0.548. The van der Waals surface area contributed by atoms with Crippen LogP contribution in [-0.4, -0.2) is 37.4 Å². The Morgan fingerprint density at radius 3 is 2.08 bits per heavy atom. The molecule has 0 radical (unpaired) electrons. The number of ether oxygens (including phenoxy) is 3. The number of benzene rings is 2. The fourth-order valence-electron chi connectivity index (χ4n) is 2.69. The van der Waals surface area contributed by atoms with Gasteiger partial charge in [-0.05, 0) is 29.8 Å². The number of aldehydes is 1. The molecule has 1 heterocycles. The second kappa shape index (κ2) is 7.74. The molecule has 3 aromatic rings. The van der Waals surface area contributed by atoms with E-state index in [1.165, 1.54) is 0 Å². The molecule has 1 aromatic heterocycles. The summed E-state index contributed by atoms with van der Waals surface area (Å²) in [6, 6.07) is 13.2. The molecule has 0 aliphatic heterocycles. The maximum Gasteiger partial charge on any atom is 0.153 e. The summed E-state index contributed by atoms with van der Waals surface area (Å²) in [4.78, 5) is 11.5. The molecule has 0 aliphatic rings. The molecule has 0 fully saturated rings. The van der Waals surface area contributed by atoms with Crippen molar-refractivity contribution in [1.82, 2.24) is 9.78 Å². The number of rotatable bonds is 7. The molecule has 0 aliphatic carbocycles. The van der Waals surface area contributed by atoms with Crippen molar-refractivity contribution in [1.29, 1.82) is 0 Å². The van der Waals surface area contributed by atoms with E-state index in [1.807, 2.05) is 36.4 Å². The lowest BCUT2D eigenvalue weighted by Gasteiger charge is -2.07. The number of hydrogen-bond donors (Lipinski definition) is 0. The Hall–Kier alpha value is -3.28. The van der Waals surface area contributed by atoms with Crippen LogP contribution < -0.4 is 14.2 Å². The van der Waals surface area contributed by atoms with E-state index in [2.05, 4.69) is 5.10 Å². The van der Waals surface area contributed by atoms with Crippen molar-refractivity contribution in [2.24, 2.45) is 0 Å². The fraction of sp³-hybridized carbons (Fsp3) is 0.200. The molecule has 3 rings (SSSR count). The summed E-state index contributed by atoms with van der Waals surface area (Å²) >= 11 is 0. The molecule has 0 amide bonds. The van der Waals surface area contributed by atoms with E-state index in [1.54, 1.807) is 38.3 Å². The molecule has 2 aromatic carbocycles. The lowest BCUT2D eigenvalue weighted by molar-refractivity contribution is 0.112. The molecule has 0 N–H and O–H groups in total. The van der Waals surface area contributed by atoms with E-state index in [9.17, 15) is 4.79 Å². The third kappa shape index (κ3) is 3.69. The number of carbonyl (C=O) groups excluding carboxylic acids is 1. The monoisotopic (exact) mass is 352 g/mol. The van der Waals surface area contributed by atoms with Gasteiger partial charge in [-0.2, -0.15) is 5.10 Å². The molecule has 0 unspecified atom stereocenters. The highest BCUT2D eigenvalue weighted by atomic mass is 16.5. The van der Waals surface area contributed by atoms with Gasteiger partial charge < -0.3 is 14.2 Å². The highest BCUT2D eigenvalue weighted by Crippen LogP contribution is 2.30. The van der Waals surface area contributed by atoms with Gasteiger partial charge in [-0.3, -0.25) is 9.48 Å². The minimum absolute atomic E-state index is 0.508. The van der Waals surface area contributed by atoms with Crippen molar-refractivity contribution < 1.29 is 19.0 Å². The van der Waals surface area contributed by atoms with E-state index in [4.69, 9.17) is 14.2 Å². The zero-order valence-corrected chi connectivity index (χ0v) is 14.9. The number of carbonyl (C=O) groups is 1. The van der Waals surface area contributed by atoms with Gasteiger partial charge in [-0.25, -0.2) is 0 Å². The van der Waals surface area contributed by atoms with Gasteiger partial charge in [0, 0.05) is 17.8 Å². The minimum Gasteiger partial charge on any atom is -0.497 e. The first-order valence-electron chi connectivity index (χ1n) is 8.06. The first-order valence-corrected chi connectivity index (χ1v) is 8.06. The topological polar surface area (TPSA) is 62.6 Å². The quantitative estimate of drug-likeness (QED) is 0.610. The maximum atomic E-state index is 11.5. The molecule has 6 nitrogen and oxygen atoms in total. The predicted molar refractivity (Wildman–Crippen MR) is 98.3 cm³/mol. The highest BCUT2D eigenvalue weighted by molar-refractivity contribution is 5.86. The van der Waals surface area contributed by atoms with Crippen molar-refractivity contribution in [2.45, 2.75) is 6.54 Å². The SMILES string of the molecule is COc1ccc(Cn2cc(C=O)c(-c3cc(OC)cc(OC)c3)n2)cc1. The summed E-state index contributed by atoms with van der Waals surface area (Å²) in [7, 11) is 4.80. The summed E-state index contributed by atoms with van der Waals surface area (Å²) < 4.78 is 17.5. The van der Waals surface area contributed by atoms with Crippen molar-refractivity contribution in [3.8, 4) is 28.5 Å². The Kier molecular flexibility index (Phi) is 5.22. The van der Waals surface area contributed by atoms with Crippen LogP contribution in [0.1, 0.15) is 15.9 Å². The van der Waals surface area contributed by atoms with Crippen LogP contribution in [0.3, 0.4) is 0 Å². The van der Waals surface area contributed by atoms with Crippen molar-refractivity contribution >= 4 is 6.29 Å². The molecule has 26 heavy (non-hydrogen) atoms. The lowest BCUT2D eigenvalue weighted by Crippen LogP contribution is -2.00. The van der Waals surface area contributed by atoms with Gasteiger partial charge in [-0.1, -0.05) is 12.1 Å². The van der Waals surface area contributed by atoms with Crippen LogP contribution in [0.15, 0.2) is 48.7 Å². The fourth-order valence-corrected chi connectivity index (χ4v) is 2.69. The summed E-state index contributed by atoms with van der Waals surface area (Å²) in [6.07, 6.45) is 2.54. The van der Waals surface area contributed by atoms with Gasteiger partial charge in [0.1, 0.15) is 22.9 Å². The van der Waals surface area contributed by atoms with Crippen molar-refractivity contribution in [3.63, 3.8) is 0 Å². The van der Waals surface area contributed by atoms with E-state index >= 15 is 0 Å². The molecule has 6 heteroatoms. The number of aromatic nitrogens is 2. The van der Waals surface area contributed by atoms with Crippen LogP contribution in [0, 0.1) is 0 Å². The highest BCUT2D eigenvalue weighted by Gasteiger charge is 2.13. The predicted octanol–water partition coefficient (Wildman–Crippen LogP) is 3.44. The third-order valence-corrected chi connectivity index (χ3v) is 4.05. The largest absolute Gasteiger partial charge is 0.497 e. The van der Waals surface area contributed by atoms with E-state index in [-0.39, 0.29) is 0 Å². The van der Waals surface area contributed by atoms with Crippen LogP contribution in [0.2, 0.25) is 0 Å². The van der Waals surface area contributed by atoms with Crippen LogP contribution >= 0.6 is 0 Å². The Morgan fingerprint density at radius 1 is 0.923 bits per heavy atom. The van der Waals surface area contributed by atoms with E-state index < -0.39 is 0 Å². The first kappa shape index (κ1) is 17.5. The average Bonchev–Trinajstić information content (AvgIpc) is 3.11. The molecule has 0 atom stereocenters. The molecule has 134 valence electrons. The van der Waals surface area contributed by atoms with Gasteiger partial charge in [0.15, 0.2) is 6.29 Å². The molecule has 0 saturated heterocycles. The molecule has 0 saturated carbocycles. The van der Waals surface area contributed by atoms with Gasteiger partial charge in [0.2, 0.25) is 0 Å². The summed E-state index contributed by atoms with van der Waals surface area (Å²) in [5, 5.41) is 4.58. The Bertz CT molecular complexity index is 878. The van der Waals surface area contributed by atoms with Crippen LogP contribution in [-0.2, 0) is 6.54 Å². The van der Waals surface area contributed by atoms with Gasteiger partial charge >= 0.3 is 0 Å². The summed E-state index contributed by atoms with van der Waals surface area (Å²) in [5.41, 5.74) is 2.91. The maximum absolute atomic E-state index is 11.5. The van der Waals surface area contributed by atoms with Crippen molar-refractivity contribution in [2.75, 3.05) is 21.3 Å². The number of methoxy groups -OCH3 is 3. The average molecular weight is 352 g/mol. The van der Waals surface area contributed by atoms with Gasteiger partial charge in [-0.15, -0.1) is 0 Å². The Balaban J connectivity index is 1.94. The molecule has 0 bridgehead atoms. The van der Waals surface area contributed by atoms with Crippen molar-refractivity contribution in [3.05, 3.63) is 59.8 Å². The second-order valence-electron chi connectivity index (χ2n) is 5.70. The summed E-state index contributed by atoms with van der Waals surface area (Å²) in [5.74, 6) is 2.08. The van der Waals surface area contributed by atoms with Gasteiger partial charge in [0.25, 0.3) is 0 Å². The van der Waals surface area contributed by atoms with E-state index in [0.717, 1.165) is 23.2 Å². The molecular weight excluding hydrogens is 332 g/mol. The third-order valence-electron chi connectivity index (χ3n) is 4.05. The minimum atomic E-state index is 0.508. The number of hydrogen-bond acceptors (Lipinski definition) is 5. The number of nitrogens with zero attached hydrogens (tertiary/aromatic N) is 2. The standard InChI is InChI=1S/C20H20N2O4/c1-24-17-6-4-14(5-7-17)11-22-12-16(13-23)20(21-22)15-8-18(25-2)10-19(9-15)26-3/h4-10,12-13H,11H2,1-3H3. The first-order chi connectivity index (χ1) is 12.7.